The zero-order valence-electron chi connectivity index (χ0n) is 13.4. The van der Waals surface area contributed by atoms with Gasteiger partial charge in [-0.1, -0.05) is 0 Å². The van der Waals surface area contributed by atoms with Crippen molar-refractivity contribution in [3.05, 3.63) is 0 Å². The van der Waals surface area contributed by atoms with E-state index in [0.717, 1.165) is 39.0 Å². The molecule has 0 radical (unpaired) electrons. The molecule has 1 heterocycles. The van der Waals surface area contributed by atoms with Crippen LogP contribution < -0.4 is 0 Å². The van der Waals surface area contributed by atoms with Gasteiger partial charge in [0.15, 0.2) is 0 Å². The quantitative estimate of drug-likeness (QED) is 0.735. The number of carbonyl (C=O) groups excluding carboxylic acids is 2. The molecule has 5 heteroatoms. The molecule has 2 amide bonds. The maximum atomic E-state index is 12.4. The van der Waals surface area contributed by atoms with Crippen molar-refractivity contribution in [3.8, 4) is 0 Å². The van der Waals surface area contributed by atoms with Gasteiger partial charge >= 0.3 is 0 Å². The lowest BCUT2D eigenvalue weighted by Crippen LogP contribution is -2.50. The zero-order valence-corrected chi connectivity index (χ0v) is 13.4. The number of nitrogens with zero attached hydrogens (tertiary/aromatic N) is 3. The fraction of sp³-hybridized carbons (Fsp3) is 0.867. The second-order valence-corrected chi connectivity index (χ2v) is 5.54. The van der Waals surface area contributed by atoms with Crippen LogP contribution in [0.15, 0.2) is 0 Å². The summed E-state index contributed by atoms with van der Waals surface area (Å²) in [6.07, 6.45) is 3.41. The van der Waals surface area contributed by atoms with Crippen LogP contribution in [0.3, 0.4) is 0 Å². The third-order valence-electron chi connectivity index (χ3n) is 4.19. The monoisotopic (exact) mass is 283 g/mol. The summed E-state index contributed by atoms with van der Waals surface area (Å²) in [5.41, 5.74) is 0. The Morgan fingerprint density at radius 2 is 1.65 bits per heavy atom. The van der Waals surface area contributed by atoms with Crippen LogP contribution in [0.1, 0.15) is 40.0 Å². The van der Waals surface area contributed by atoms with Crippen molar-refractivity contribution >= 4 is 11.8 Å². The van der Waals surface area contributed by atoms with Crippen LogP contribution in [-0.2, 0) is 9.59 Å². The topological polar surface area (TPSA) is 43.9 Å². The van der Waals surface area contributed by atoms with E-state index in [0.29, 0.717) is 6.54 Å². The Morgan fingerprint density at radius 1 is 1.10 bits per heavy atom. The molecule has 1 rings (SSSR count). The fourth-order valence-corrected chi connectivity index (χ4v) is 2.59. The molecule has 0 aromatic heterocycles. The van der Waals surface area contributed by atoms with Crippen LogP contribution >= 0.6 is 0 Å². The Labute approximate surface area is 122 Å². The molecule has 1 fully saturated rings. The maximum absolute atomic E-state index is 12.4. The number of carbonyl (C=O) groups is 2. The minimum absolute atomic E-state index is 0.0933. The van der Waals surface area contributed by atoms with Crippen molar-refractivity contribution in [2.24, 2.45) is 0 Å². The van der Waals surface area contributed by atoms with Crippen LogP contribution in [0.2, 0.25) is 0 Å². The minimum atomic E-state index is -0.229. The molecule has 1 aliphatic rings. The molecule has 0 aliphatic carbocycles. The summed E-state index contributed by atoms with van der Waals surface area (Å²) in [7, 11) is 1.86. The SMILES string of the molecule is CCN(CC)C(=O)CN(C)C(C)C(=O)N1CCCCC1. The molecule has 0 bridgehead atoms. The molecule has 1 atom stereocenters. The lowest BCUT2D eigenvalue weighted by Gasteiger charge is -2.33. The first-order valence-electron chi connectivity index (χ1n) is 7.78. The predicted octanol–water partition coefficient (Wildman–Crippen LogP) is 1.19. The summed E-state index contributed by atoms with van der Waals surface area (Å²) in [4.78, 5) is 30.1. The molecule has 0 saturated carbocycles. The normalized spacial score (nSPS) is 17.1. The average molecular weight is 283 g/mol. The maximum Gasteiger partial charge on any atom is 0.239 e. The van der Waals surface area contributed by atoms with Crippen LogP contribution in [0.25, 0.3) is 0 Å². The number of amides is 2. The first kappa shape index (κ1) is 17.0. The molecule has 1 unspecified atom stereocenters. The van der Waals surface area contributed by atoms with Crippen molar-refractivity contribution in [1.82, 2.24) is 14.7 Å². The van der Waals surface area contributed by atoms with E-state index in [4.69, 9.17) is 0 Å². The van der Waals surface area contributed by atoms with Crippen LogP contribution in [-0.4, -0.2) is 72.3 Å². The van der Waals surface area contributed by atoms with E-state index >= 15 is 0 Å². The first-order chi connectivity index (χ1) is 9.51. The summed E-state index contributed by atoms with van der Waals surface area (Å²) in [5, 5.41) is 0. The molecule has 20 heavy (non-hydrogen) atoms. The fourth-order valence-electron chi connectivity index (χ4n) is 2.59. The van der Waals surface area contributed by atoms with E-state index < -0.39 is 0 Å². The summed E-state index contributed by atoms with van der Waals surface area (Å²) < 4.78 is 0. The molecule has 1 aliphatic heterocycles. The molecule has 0 spiro atoms. The smallest absolute Gasteiger partial charge is 0.239 e. The van der Waals surface area contributed by atoms with E-state index in [-0.39, 0.29) is 17.9 Å². The molecule has 116 valence electrons. The lowest BCUT2D eigenvalue weighted by atomic mass is 10.1. The molecule has 0 N–H and O–H groups in total. The summed E-state index contributed by atoms with van der Waals surface area (Å²) >= 11 is 0. The average Bonchev–Trinajstić information content (AvgIpc) is 2.47. The van der Waals surface area contributed by atoms with E-state index in [2.05, 4.69) is 0 Å². The number of rotatable bonds is 6. The van der Waals surface area contributed by atoms with Crippen LogP contribution in [0.5, 0.6) is 0 Å². The summed E-state index contributed by atoms with van der Waals surface area (Å²) in [6, 6.07) is -0.229. The highest BCUT2D eigenvalue weighted by Crippen LogP contribution is 2.12. The molecular formula is C15H29N3O2. The van der Waals surface area contributed by atoms with E-state index in [1.54, 1.807) is 4.90 Å². The largest absolute Gasteiger partial charge is 0.342 e. The second kappa shape index (κ2) is 8.25. The first-order valence-corrected chi connectivity index (χ1v) is 7.78. The van der Waals surface area contributed by atoms with Crippen molar-refractivity contribution < 1.29 is 9.59 Å². The van der Waals surface area contributed by atoms with E-state index in [1.807, 2.05) is 37.6 Å². The Morgan fingerprint density at radius 3 is 2.15 bits per heavy atom. The van der Waals surface area contributed by atoms with Gasteiger partial charge in [-0.3, -0.25) is 14.5 Å². The van der Waals surface area contributed by atoms with Gasteiger partial charge in [-0.15, -0.1) is 0 Å². The van der Waals surface area contributed by atoms with Gasteiger partial charge in [0.05, 0.1) is 12.6 Å². The number of hydrogen-bond acceptors (Lipinski definition) is 3. The molecule has 1 saturated heterocycles. The van der Waals surface area contributed by atoms with Crippen molar-refractivity contribution in [1.29, 1.82) is 0 Å². The molecular weight excluding hydrogens is 254 g/mol. The molecule has 5 nitrogen and oxygen atoms in total. The second-order valence-electron chi connectivity index (χ2n) is 5.54. The third-order valence-corrected chi connectivity index (χ3v) is 4.19. The number of hydrogen-bond donors (Lipinski definition) is 0. The van der Waals surface area contributed by atoms with E-state index in [9.17, 15) is 9.59 Å². The van der Waals surface area contributed by atoms with Gasteiger partial charge < -0.3 is 9.80 Å². The zero-order chi connectivity index (χ0) is 15.1. The number of piperidine rings is 1. The molecule has 0 aromatic rings. The van der Waals surface area contributed by atoms with Crippen molar-refractivity contribution in [3.63, 3.8) is 0 Å². The van der Waals surface area contributed by atoms with Crippen molar-refractivity contribution in [2.75, 3.05) is 39.8 Å². The van der Waals surface area contributed by atoms with Gasteiger partial charge in [-0.2, -0.15) is 0 Å². The van der Waals surface area contributed by atoms with Gasteiger partial charge in [-0.25, -0.2) is 0 Å². The summed E-state index contributed by atoms with van der Waals surface area (Å²) in [5.74, 6) is 0.246. The molecule has 0 aromatic carbocycles. The Hall–Kier alpha value is -1.10. The standard InChI is InChI=1S/C15H29N3O2/c1-5-17(6-2)14(19)12-16(4)13(3)15(20)18-10-8-7-9-11-18/h13H,5-12H2,1-4H3. The highest BCUT2D eigenvalue weighted by molar-refractivity contribution is 5.83. The highest BCUT2D eigenvalue weighted by atomic mass is 16.2. The van der Waals surface area contributed by atoms with Crippen LogP contribution in [0, 0.1) is 0 Å². The van der Waals surface area contributed by atoms with Crippen molar-refractivity contribution in [2.45, 2.75) is 46.1 Å². The third kappa shape index (κ3) is 4.47. The number of likely N-dealkylation sites (tertiary alicyclic amines) is 1. The van der Waals surface area contributed by atoms with E-state index in [1.165, 1.54) is 6.42 Å². The van der Waals surface area contributed by atoms with Gasteiger partial charge in [0.25, 0.3) is 0 Å². The van der Waals surface area contributed by atoms with Gasteiger partial charge in [0.1, 0.15) is 0 Å². The van der Waals surface area contributed by atoms with Gasteiger partial charge in [-0.05, 0) is 47.1 Å². The lowest BCUT2D eigenvalue weighted by molar-refractivity contribution is -0.139. The Balaban J connectivity index is 2.50. The Bertz CT molecular complexity index is 323. The van der Waals surface area contributed by atoms with Gasteiger partial charge in [0.2, 0.25) is 11.8 Å². The minimum Gasteiger partial charge on any atom is -0.342 e. The van der Waals surface area contributed by atoms with Crippen LogP contribution in [0.4, 0.5) is 0 Å². The predicted molar refractivity (Wildman–Crippen MR) is 80.5 cm³/mol. The Kier molecular flexibility index (Phi) is 6.99. The summed E-state index contributed by atoms with van der Waals surface area (Å²) in [6.45, 7) is 9.32. The highest BCUT2D eigenvalue weighted by Gasteiger charge is 2.26. The number of likely N-dealkylation sites (N-methyl/N-ethyl adjacent to an activating group) is 2. The van der Waals surface area contributed by atoms with Gasteiger partial charge in [0, 0.05) is 26.2 Å².